The van der Waals surface area contributed by atoms with Gasteiger partial charge in [-0.15, -0.1) is 0 Å². The first-order valence-corrected chi connectivity index (χ1v) is 7.57. The molecule has 0 radical (unpaired) electrons. The number of aromatic amines is 1. The molecule has 0 saturated heterocycles. The van der Waals surface area contributed by atoms with Gasteiger partial charge < -0.3 is 0 Å². The van der Waals surface area contributed by atoms with E-state index in [2.05, 4.69) is 30.2 Å². The predicted molar refractivity (Wildman–Crippen MR) is 88.9 cm³/mol. The molecule has 0 aliphatic carbocycles. The van der Waals surface area contributed by atoms with Gasteiger partial charge >= 0.3 is 0 Å². The van der Waals surface area contributed by atoms with Gasteiger partial charge in [0.2, 0.25) is 0 Å². The molecular weight excluding hydrogens is 324 g/mol. The third-order valence-electron chi connectivity index (χ3n) is 3.47. The fourth-order valence-corrected chi connectivity index (χ4v) is 2.61. The molecule has 1 N–H and O–H groups in total. The first kappa shape index (κ1) is 14.4. The highest BCUT2D eigenvalue weighted by Crippen LogP contribution is 2.19. The SMILES string of the molecule is S=c1[nH]nc(-c2cnccn2)n1-c1ccc(Cn2cncn2)cc1. The molecule has 1 aromatic carbocycles. The highest BCUT2D eigenvalue weighted by molar-refractivity contribution is 7.71. The molecule has 118 valence electrons. The normalized spacial score (nSPS) is 10.8. The molecule has 3 heterocycles. The van der Waals surface area contributed by atoms with E-state index in [0.29, 0.717) is 22.8 Å². The van der Waals surface area contributed by atoms with Gasteiger partial charge in [-0.2, -0.15) is 10.2 Å². The minimum Gasteiger partial charge on any atom is -0.267 e. The van der Waals surface area contributed by atoms with Crippen molar-refractivity contribution in [3.63, 3.8) is 0 Å². The van der Waals surface area contributed by atoms with Crippen LogP contribution in [0.5, 0.6) is 0 Å². The zero-order valence-electron chi connectivity index (χ0n) is 12.4. The van der Waals surface area contributed by atoms with Crippen molar-refractivity contribution in [2.24, 2.45) is 0 Å². The molecule has 0 bridgehead atoms. The van der Waals surface area contributed by atoms with Crippen LogP contribution in [0, 0.1) is 4.77 Å². The molecule has 0 spiro atoms. The monoisotopic (exact) mass is 336 g/mol. The quantitative estimate of drug-likeness (QED) is 0.574. The lowest BCUT2D eigenvalue weighted by Crippen LogP contribution is -2.02. The maximum atomic E-state index is 5.36. The van der Waals surface area contributed by atoms with Crippen LogP contribution in [0.3, 0.4) is 0 Å². The first-order chi connectivity index (χ1) is 11.8. The lowest BCUT2D eigenvalue weighted by molar-refractivity contribution is 0.685. The van der Waals surface area contributed by atoms with Gasteiger partial charge in [-0.1, -0.05) is 12.1 Å². The van der Waals surface area contributed by atoms with Gasteiger partial charge in [-0.25, -0.2) is 14.6 Å². The van der Waals surface area contributed by atoms with Crippen molar-refractivity contribution in [1.29, 1.82) is 0 Å². The number of H-pyrrole nitrogens is 1. The standard InChI is InChI=1S/C15H12N8S/c24-15-21-20-14(13-7-16-5-6-18-13)23(15)12-3-1-11(2-4-12)8-22-10-17-9-19-22/h1-7,9-10H,8H2,(H,21,24). The van der Waals surface area contributed by atoms with E-state index in [1.807, 2.05) is 28.8 Å². The Morgan fingerprint density at radius 2 is 1.96 bits per heavy atom. The van der Waals surface area contributed by atoms with Crippen LogP contribution in [-0.4, -0.2) is 39.5 Å². The van der Waals surface area contributed by atoms with Gasteiger partial charge in [0.25, 0.3) is 0 Å². The molecule has 4 rings (SSSR count). The molecule has 0 atom stereocenters. The maximum Gasteiger partial charge on any atom is 0.200 e. The lowest BCUT2D eigenvalue weighted by atomic mass is 10.2. The zero-order valence-corrected chi connectivity index (χ0v) is 13.3. The Hall–Kier alpha value is -3.20. The Morgan fingerprint density at radius 3 is 2.67 bits per heavy atom. The molecule has 0 aliphatic rings. The smallest absolute Gasteiger partial charge is 0.200 e. The van der Waals surface area contributed by atoms with Crippen molar-refractivity contribution in [3.05, 3.63) is 65.8 Å². The van der Waals surface area contributed by atoms with E-state index < -0.39 is 0 Å². The summed E-state index contributed by atoms with van der Waals surface area (Å²) >= 11 is 5.36. The van der Waals surface area contributed by atoms with Gasteiger partial charge in [-0.3, -0.25) is 14.6 Å². The van der Waals surface area contributed by atoms with E-state index in [4.69, 9.17) is 12.2 Å². The first-order valence-electron chi connectivity index (χ1n) is 7.17. The average molecular weight is 336 g/mol. The molecular formula is C15H12N8S. The molecule has 9 heteroatoms. The van der Waals surface area contributed by atoms with Crippen LogP contribution in [0.2, 0.25) is 0 Å². The van der Waals surface area contributed by atoms with Crippen molar-refractivity contribution in [2.45, 2.75) is 6.54 Å². The largest absolute Gasteiger partial charge is 0.267 e. The summed E-state index contributed by atoms with van der Waals surface area (Å²) < 4.78 is 4.10. The summed E-state index contributed by atoms with van der Waals surface area (Å²) in [5, 5.41) is 11.2. The minimum absolute atomic E-state index is 0.500. The van der Waals surface area contributed by atoms with Crippen molar-refractivity contribution in [3.8, 4) is 17.2 Å². The molecule has 3 aromatic heterocycles. The van der Waals surface area contributed by atoms with Crippen molar-refractivity contribution >= 4 is 12.2 Å². The Labute approximate surface area is 141 Å². The predicted octanol–water partition coefficient (Wildman–Crippen LogP) is 2.03. The lowest BCUT2D eigenvalue weighted by Gasteiger charge is -2.07. The summed E-state index contributed by atoms with van der Waals surface area (Å²) in [6, 6.07) is 8.01. The number of hydrogen-bond acceptors (Lipinski definition) is 6. The van der Waals surface area contributed by atoms with Gasteiger partial charge in [-0.05, 0) is 29.9 Å². The third-order valence-corrected chi connectivity index (χ3v) is 3.74. The van der Waals surface area contributed by atoms with E-state index in [-0.39, 0.29) is 0 Å². The van der Waals surface area contributed by atoms with Crippen LogP contribution in [0.4, 0.5) is 0 Å². The second-order valence-electron chi connectivity index (χ2n) is 5.04. The van der Waals surface area contributed by atoms with Crippen molar-refractivity contribution in [1.82, 2.24) is 39.5 Å². The number of benzene rings is 1. The summed E-state index contributed by atoms with van der Waals surface area (Å²) in [7, 11) is 0. The van der Waals surface area contributed by atoms with Gasteiger partial charge in [0.15, 0.2) is 10.6 Å². The summed E-state index contributed by atoms with van der Waals surface area (Å²) in [4.78, 5) is 12.3. The molecule has 0 unspecified atom stereocenters. The van der Waals surface area contributed by atoms with E-state index in [1.54, 1.807) is 29.6 Å². The fraction of sp³-hybridized carbons (Fsp3) is 0.0667. The molecule has 0 saturated carbocycles. The van der Waals surface area contributed by atoms with E-state index in [0.717, 1.165) is 11.3 Å². The Bertz CT molecular complexity index is 986. The summed E-state index contributed by atoms with van der Waals surface area (Å²) in [5.74, 6) is 0.622. The van der Waals surface area contributed by atoms with Crippen LogP contribution in [0.15, 0.2) is 55.5 Å². The number of nitrogens with one attached hydrogen (secondary N) is 1. The second-order valence-corrected chi connectivity index (χ2v) is 5.42. The topological polar surface area (TPSA) is 90.1 Å². The molecule has 0 amide bonds. The fourth-order valence-electron chi connectivity index (χ4n) is 2.37. The van der Waals surface area contributed by atoms with Crippen LogP contribution in [0.1, 0.15) is 5.56 Å². The Balaban J connectivity index is 1.69. The number of nitrogens with zero attached hydrogens (tertiary/aromatic N) is 7. The molecule has 24 heavy (non-hydrogen) atoms. The maximum absolute atomic E-state index is 5.36. The summed E-state index contributed by atoms with van der Waals surface area (Å²) in [6.45, 7) is 0.661. The molecule has 4 aromatic rings. The summed E-state index contributed by atoms with van der Waals surface area (Å²) in [6.07, 6.45) is 8.10. The number of hydrogen-bond donors (Lipinski definition) is 1. The Morgan fingerprint density at radius 1 is 1.08 bits per heavy atom. The highest BCUT2D eigenvalue weighted by Gasteiger charge is 2.12. The van der Waals surface area contributed by atoms with Gasteiger partial charge in [0, 0.05) is 12.4 Å². The number of rotatable bonds is 4. The minimum atomic E-state index is 0.500. The van der Waals surface area contributed by atoms with Crippen molar-refractivity contribution in [2.75, 3.05) is 0 Å². The number of aromatic nitrogens is 8. The van der Waals surface area contributed by atoms with Crippen LogP contribution < -0.4 is 0 Å². The summed E-state index contributed by atoms with van der Waals surface area (Å²) in [5.41, 5.74) is 2.66. The van der Waals surface area contributed by atoms with E-state index in [1.165, 1.54) is 6.33 Å². The van der Waals surface area contributed by atoms with Gasteiger partial charge in [0.05, 0.1) is 18.4 Å². The van der Waals surface area contributed by atoms with E-state index >= 15 is 0 Å². The van der Waals surface area contributed by atoms with Crippen LogP contribution in [-0.2, 0) is 6.54 Å². The molecule has 8 nitrogen and oxygen atoms in total. The zero-order chi connectivity index (χ0) is 16.4. The highest BCUT2D eigenvalue weighted by atomic mass is 32.1. The molecule has 0 fully saturated rings. The molecule has 0 aliphatic heterocycles. The Kier molecular flexibility index (Phi) is 3.67. The van der Waals surface area contributed by atoms with Gasteiger partial charge in [0.1, 0.15) is 18.3 Å². The van der Waals surface area contributed by atoms with Crippen LogP contribution >= 0.6 is 12.2 Å². The third kappa shape index (κ3) is 2.72. The average Bonchev–Trinajstić information content (AvgIpc) is 3.26. The van der Waals surface area contributed by atoms with Crippen molar-refractivity contribution < 1.29 is 0 Å². The van der Waals surface area contributed by atoms with Crippen LogP contribution in [0.25, 0.3) is 17.2 Å². The van der Waals surface area contributed by atoms with E-state index in [9.17, 15) is 0 Å². The second kappa shape index (κ2) is 6.13.